The van der Waals surface area contributed by atoms with Crippen molar-refractivity contribution < 1.29 is 23.1 Å². The Morgan fingerprint density at radius 3 is 2.67 bits per heavy atom. The van der Waals surface area contributed by atoms with Gasteiger partial charge in [0.2, 0.25) is 5.91 Å². The number of ether oxygens (including phenoxy) is 1. The van der Waals surface area contributed by atoms with Crippen LogP contribution in [0.2, 0.25) is 0 Å². The predicted molar refractivity (Wildman–Crippen MR) is 83.5 cm³/mol. The number of hydrogen-bond acceptors (Lipinski definition) is 4. The van der Waals surface area contributed by atoms with Crippen LogP contribution in [0.4, 0.5) is 14.5 Å². The third-order valence-corrected chi connectivity index (χ3v) is 3.16. The summed E-state index contributed by atoms with van der Waals surface area (Å²) in [5.74, 6) is -2.02. The second-order valence-corrected chi connectivity index (χ2v) is 4.94. The Kier molecular flexibility index (Phi) is 5.95. The maximum atomic E-state index is 13.5. The van der Waals surface area contributed by atoms with E-state index in [-0.39, 0.29) is 36.6 Å². The van der Waals surface area contributed by atoms with Crippen molar-refractivity contribution in [3.05, 3.63) is 59.4 Å². The van der Waals surface area contributed by atoms with Crippen molar-refractivity contribution >= 4 is 17.6 Å². The first-order valence-corrected chi connectivity index (χ1v) is 7.36. The van der Waals surface area contributed by atoms with Crippen LogP contribution in [0.25, 0.3) is 0 Å². The van der Waals surface area contributed by atoms with Gasteiger partial charge in [-0.05, 0) is 49.2 Å². The van der Waals surface area contributed by atoms with Gasteiger partial charge in [0.1, 0.15) is 17.3 Å². The molecule has 0 fully saturated rings. The van der Waals surface area contributed by atoms with Gasteiger partial charge >= 0.3 is 5.97 Å². The number of benzene rings is 1. The maximum absolute atomic E-state index is 13.5. The molecular formula is C17H16F2N2O3. The van der Waals surface area contributed by atoms with Crippen molar-refractivity contribution in [3.8, 4) is 0 Å². The second kappa shape index (κ2) is 8.14. The number of halogens is 2. The van der Waals surface area contributed by atoms with E-state index < -0.39 is 17.6 Å². The van der Waals surface area contributed by atoms with E-state index in [2.05, 4.69) is 10.3 Å². The number of amides is 1. The SMILES string of the molecule is CCOC(=O)c1ccc(NC(=O)CCc2cc(F)ccc2F)cn1. The van der Waals surface area contributed by atoms with E-state index in [0.29, 0.717) is 5.69 Å². The number of carbonyl (C=O) groups excluding carboxylic acids is 2. The summed E-state index contributed by atoms with van der Waals surface area (Å²) in [7, 11) is 0. The molecule has 126 valence electrons. The highest BCUT2D eigenvalue weighted by molar-refractivity contribution is 5.91. The topological polar surface area (TPSA) is 68.3 Å². The monoisotopic (exact) mass is 334 g/mol. The molecule has 0 unspecified atom stereocenters. The van der Waals surface area contributed by atoms with E-state index in [1.54, 1.807) is 6.92 Å². The number of anilines is 1. The number of aromatic nitrogens is 1. The van der Waals surface area contributed by atoms with Crippen LogP contribution in [0.1, 0.15) is 29.4 Å². The lowest BCUT2D eigenvalue weighted by atomic mass is 10.1. The summed E-state index contributed by atoms with van der Waals surface area (Å²) in [6.07, 6.45) is 1.39. The zero-order valence-corrected chi connectivity index (χ0v) is 13.0. The van der Waals surface area contributed by atoms with Crippen molar-refractivity contribution in [2.24, 2.45) is 0 Å². The van der Waals surface area contributed by atoms with Gasteiger partial charge in [-0.2, -0.15) is 0 Å². The van der Waals surface area contributed by atoms with Gasteiger partial charge in [0, 0.05) is 6.42 Å². The number of pyridine rings is 1. The fourth-order valence-electron chi connectivity index (χ4n) is 2.00. The number of esters is 1. The highest BCUT2D eigenvalue weighted by atomic mass is 19.1. The van der Waals surface area contributed by atoms with Crippen molar-refractivity contribution in [1.29, 1.82) is 0 Å². The van der Waals surface area contributed by atoms with Gasteiger partial charge in [-0.3, -0.25) is 4.79 Å². The molecular weight excluding hydrogens is 318 g/mol. The van der Waals surface area contributed by atoms with Gasteiger partial charge in [-0.15, -0.1) is 0 Å². The number of nitrogens with zero attached hydrogens (tertiary/aromatic N) is 1. The standard InChI is InChI=1S/C17H16F2N2O3/c1-2-24-17(23)15-7-5-13(10-20-15)21-16(22)8-3-11-9-12(18)4-6-14(11)19/h4-7,9-10H,2-3,8H2,1H3,(H,21,22). The first kappa shape index (κ1) is 17.5. The lowest BCUT2D eigenvalue weighted by molar-refractivity contribution is -0.116. The fraction of sp³-hybridized carbons (Fsp3) is 0.235. The van der Waals surface area contributed by atoms with E-state index in [9.17, 15) is 18.4 Å². The Balaban J connectivity index is 1.90. The minimum atomic E-state index is -0.551. The molecule has 1 N–H and O–H groups in total. The summed E-state index contributed by atoms with van der Waals surface area (Å²) in [6.45, 7) is 1.93. The van der Waals surface area contributed by atoms with Crippen molar-refractivity contribution in [2.75, 3.05) is 11.9 Å². The molecule has 0 aliphatic carbocycles. The third-order valence-electron chi connectivity index (χ3n) is 3.16. The lowest BCUT2D eigenvalue weighted by Gasteiger charge is -2.07. The summed E-state index contributed by atoms with van der Waals surface area (Å²) >= 11 is 0. The average molecular weight is 334 g/mol. The summed E-state index contributed by atoms with van der Waals surface area (Å²) in [4.78, 5) is 27.2. The van der Waals surface area contributed by atoms with Gasteiger partial charge in [-0.25, -0.2) is 18.6 Å². The quantitative estimate of drug-likeness (QED) is 0.824. The van der Waals surface area contributed by atoms with Crippen LogP contribution in [0, 0.1) is 11.6 Å². The summed E-state index contributed by atoms with van der Waals surface area (Å²) in [6, 6.07) is 6.06. The molecule has 0 aliphatic heterocycles. The molecule has 0 aliphatic rings. The molecule has 24 heavy (non-hydrogen) atoms. The van der Waals surface area contributed by atoms with Gasteiger partial charge in [0.25, 0.3) is 0 Å². The van der Waals surface area contributed by atoms with Gasteiger partial charge < -0.3 is 10.1 Å². The molecule has 1 amide bonds. The smallest absolute Gasteiger partial charge is 0.356 e. The van der Waals surface area contributed by atoms with Crippen LogP contribution >= 0.6 is 0 Å². The Hall–Kier alpha value is -2.83. The van der Waals surface area contributed by atoms with Crippen LogP contribution < -0.4 is 5.32 Å². The number of hydrogen-bond donors (Lipinski definition) is 1. The van der Waals surface area contributed by atoms with E-state index >= 15 is 0 Å². The molecule has 2 aromatic rings. The van der Waals surface area contributed by atoms with Crippen LogP contribution in [-0.4, -0.2) is 23.5 Å². The minimum absolute atomic E-state index is 0.0139. The van der Waals surface area contributed by atoms with Crippen molar-refractivity contribution in [3.63, 3.8) is 0 Å². The molecule has 5 nitrogen and oxygen atoms in total. The van der Waals surface area contributed by atoms with Crippen LogP contribution in [0.3, 0.4) is 0 Å². The van der Waals surface area contributed by atoms with E-state index in [0.717, 1.165) is 18.2 Å². The molecule has 7 heteroatoms. The normalized spacial score (nSPS) is 10.3. The molecule has 1 heterocycles. The first-order valence-electron chi connectivity index (χ1n) is 7.36. The van der Waals surface area contributed by atoms with Crippen LogP contribution in [-0.2, 0) is 16.0 Å². The highest BCUT2D eigenvalue weighted by Crippen LogP contribution is 2.13. The Morgan fingerprint density at radius 1 is 1.21 bits per heavy atom. The maximum Gasteiger partial charge on any atom is 0.356 e. The zero-order valence-electron chi connectivity index (χ0n) is 13.0. The molecule has 0 atom stereocenters. The number of aryl methyl sites for hydroxylation is 1. The van der Waals surface area contributed by atoms with Gasteiger partial charge in [0.05, 0.1) is 18.5 Å². The molecule has 1 aromatic heterocycles. The molecule has 0 saturated heterocycles. The number of nitrogens with one attached hydrogen (secondary N) is 1. The summed E-state index contributed by atoms with van der Waals surface area (Å²) in [5.41, 5.74) is 0.672. The summed E-state index contributed by atoms with van der Waals surface area (Å²) in [5, 5.41) is 2.57. The number of rotatable bonds is 6. The minimum Gasteiger partial charge on any atom is -0.461 e. The van der Waals surface area contributed by atoms with Gasteiger partial charge in [-0.1, -0.05) is 0 Å². The Bertz CT molecular complexity index is 733. The van der Waals surface area contributed by atoms with Crippen molar-refractivity contribution in [1.82, 2.24) is 4.98 Å². The summed E-state index contributed by atoms with van der Waals surface area (Å²) < 4.78 is 31.3. The third kappa shape index (κ3) is 4.84. The lowest BCUT2D eigenvalue weighted by Crippen LogP contribution is -2.13. The number of carbonyl (C=O) groups is 2. The molecule has 0 spiro atoms. The van der Waals surface area contributed by atoms with E-state index in [1.807, 2.05) is 0 Å². The largest absolute Gasteiger partial charge is 0.461 e. The molecule has 1 aromatic carbocycles. The highest BCUT2D eigenvalue weighted by Gasteiger charge is 2.10. The van der Waals surface area contributed by atoms with Crippen LogP contribution in [0.15, 0.2) is 36.5 Å². The molecule has 0 saturated carbocycles. The zero-order chi connectivity index (χ0) is 17.5. The average Bonchev–Trinajstić information content (AvgIpc) is 2.56. The van der Waals surface area contributed by atoms with E-state index in [1.165, 1.54) is 18.3 Å². The first-order chi connectivity index (χ1) is 11.5. The van der Waals surface area contributed by atoms with Crippen molar-refractivity contribution in [2.45, 2.75) is 19.8 Å². The molecule has 0 bridgehead atoms. The van der Waals surface area contributed by atoms with Crippen LogP contribution in [0.5, 0.6) is 0 Å². The second-order valence-electron chi connectivity index (χ2n) is 4.94. The molecule has 0 radical (unpaired) electrons. The molecule has 2 rings (SSSR count). The van der Waals surface area contributed by atoms with Gasteiger partial charge in [0.15, 0.2) is 0 Å². The Morgan fingerprint density at radius 2 is 2.00 bits per heavy atom. The predicted octanol–water partition coefficient (Wildman–Crippen LogP) is 3.11. The van der Waals surface area contributed by atoms with E-state index in [4.69, 9.17) is 4.74 Å². The fourth-order valence-corrected chi connectivity index (χ4v) is 2.00. The Labute approximate surface area is 137 Å².